The van der Waals surface area contributed by atoms with Crippen LogP contribution in [0.1, 0.15) is 0 Å². The molecule has 1 aromatic heterocycles. The van der Waals surface area contributed by atoms with E-state index in [0.717, 1.165) is 27.9 Å². The summed E-state index contributed by atoms with van der Waals surface area (Å²) in [6.45, 7) is -0.0956. The molecular formula is C23H19FN2O3. The normalized spacial score (nSPS) is 10.7. The van der Waals surface area contributed by atoms with Crippen LogP contribution in [0.2, 0.25) is 0 Å². The van der Waals surface area contributed by atoms with Gasteiger partial charge in [0.25, 0.3) is 5.91 Å². The Bertz CT molecular complexity index is 1140. The Morgan fingerprint density at radius 2 is 1.69 bits per heavy atom. The first-order valence-electron chi connectivity index (χ1n) is 9.06. The molecule has 4 rings (SSSR count). The molecule has 0 bridgehead atoms. The van der Waals surface area contributed by atoms with Crippen molar-refractivity contribution < 1.29 is 18.7 Å². The third-order valence-electron chi connectivity index (χ3n) is 4.49. The number of nitrogens with one attached hydrogen (secondary N) is 2. The average molecular weight is 390 g/mol. The number of benzene rings is 3. The van der Waals surface area contributed by atoms with Crippen LogP contribution in [0.15, 0.2) is 72.8 Å². The number of ether oxygens (including phenoxy) is 2. The number of carbonyl (C=O) groups is 1. The van der Waals surface area contributed by atoms with Crippen LogP contribution in [0, 0.1) is 5.82 Å². The highest BCUT2D eigenvalue weighted by Gasteiger charge is 2.07. The van der Waals surface area contributed by atoms with Gasteiger partial charge in [0.1, 0.15) is 17.3 Å². The van der Waals surface area contributed by atoms with Crippen molar-refractivity contribution in [2.24, 2.45) is 0 Å². The number of rotatable bonds is 6. The molecule has 29 heavy (non-hydrogen) atoms. The van der Waals surface area contributed by atoms with Gasteiger partial charge in [0, 0.05) is 22.3 Å². The van der Waals surface area contributed by atoms with Gasteiger partial charge in [0.15, 0.2) is 6.61 Å². The number of methoxy groups -OCH3 is 1. The van der Waals surface area contributed by atoms with E-state index in [9.17, 15) is 9.18 Å². The zero-order valence-electron chi connectivity index (χ0n) is 15.7. The number of halogens is 1. The van der Waals surface area contributed by atoms with E-state index in [1.807, 2.05) is 30.3 Å². The standard InChI is InChI=1S/C23H19FN2O3/c1-28-19-7-9-20(10-8-19)29-14-23(27)25-18-5-2-15(3-6-18)22-13-16-12-17(24)4-11-21(16)26-22/h2-13,26H,14H2,1H3,(H,25,27). The minimum Gasteiger partial charge on any atom is -0.497 e. The van der Waals surface area contributed by atoms with Crippen LogP contribution in [0.25, 0.3) is 22.2 Å². The smallest absolute Gasteiger partial charge is 0.262 e. The lowest BCUT2D eigenvalue weighted by atomic mass is 10.1. The Hall–Kier alpha value is -3.80. The number of fused-ring (bicyclic) bond motifs is 1. The van der Waals surface area contributed by atoms with Crippen LogP contribution < -0.4 is 14.8 Å². The van der Waals surface area contributed by atoms with E-state index in [4.69, 9.17) is 9.47 Å². The Morgan fingerprint density at radius 1 is 0.966 bits per heavy atom. The summed E-state index contributed by atoms with van der Waals surface area (Å²) < 4.78 is 23.9. The van der Waals surface area contributed by atoms with Crippen molar-refractivity contribution in [1.82, 2.24) is 4.98 Å². The SMILES string of the molecule is COc1ccc(OCC(=O)Nc2ccc(-c3cc4cc(F)ccc4[nH]3)cc2)cc1. The summed E-state index contributed by atoms with van der Waals surface area (Å²) in [5, 5.41) is 3.61. The zero-order valence-corrected chi connectivity index (χ0v) is 15.7. The number of hydrogen-bond donors (Lipinski definition) is 2. The fraction of sp³-hybridized carbons (Fsp3) is 0.0870. The molecular weight excluding hydrogens is 371 g/mol. The lowest BCUT2D eigenvalue weighted by molar-refractivity contribution is -0.118. The predicted molar refractivity (Wildman–Crippen MR) is 111 cm³/mol. The van der Waals surface area contributed by atoms with Crippen LogP contribution in [0.5, 0.6) is 11.5 Å². The number of anilines is 1. The molecule has 0 saturated carbocycles. The monoisotopic (exact) mass is 390 g/mol. The van der Waals surface area contributed by atoms with Gasteiger partial charge in [0.2, 0.25) is 0 Å². The molecule has 1 amide bonds. The van der Waals surface area contributed by atoms with Crippen molar-refractivity contribution in [1.29, 1.82) is 0 Å². The van der Waals surface area contributed by atoms with Crippen LogP contribution >= 0.6 is 0 Å². The van der Waals surface area contributed by atoms with Crippen LogP contribution in [0.3, 0.4) is 0 Å². The highest BCUT2D eigenvalue weighted by Crippen LogP contribution is 2.26. The number of aromatic nitrogens is 1. The van der Waals surface area contributed by atoms with E-state index in [0.29, 0.717) is 11.4 Å². The predicted octanol–water partition coefficient (Wildman–Crippen LogP) is 5.00. The second-order valence-electron chi connectivity index (χ2n) is 6.50. The van der Waals surface area contributed by atoms with Gasteiger partial charge >= 0.3 is 0 Å². The Balaban J connectivity index is 1.37. The van der Waals surface area contributed by atoms with E-state index in [1.165, 1.54) is 12.1 Å². The van der Waals surface area contributed by atoms with Gasteiger partial charge in [-0.25, -0.2) is 4.39 Å². The minimum atomic E-state index is -0.266. The second-order valence-corrected chi connectivity index (χ2v) is 6.50. The number of hydrogen-bond acceptors (Lipinski definition) is 3. The van der Waals surface area contributed by atoms with Crippen molar-refractivity contribution in [3.63, 3.8) is 0 Å². The van der Waals surface area contributed by atoms with Crippen molar-refractivity contribution >= 4 is 22.5 Å². The Morgan fingerprint density at radius 3 is 2.41 bits per heavy atom. The molecule has 5 nitrogen and oxygen atoms in total. The summed E-state index contributed by atoms with van der Waals surface area (Å²) in [5.74, 6) is 0.793. The Labute approximate surface area is 167 Å². The third kappa shape index (κ3) is 4.38. The molecule has 2 N–H and O–H groups in total. The fourth-order valence-electron chi connectivity index (χ4n) is 3.01. The second kappa shape index (κ2) is 8.06. The van der Waals surface area contributed by atoms with Crippen molar-refractivity contribution in [2.45, 2.75) is 0 Å². The topological polar surface area (TPSA) is 63.4 Å². The van der Waals surface area contributed by atoms with Gasteiger partial charge in [-0.15, -0.1) is 0 Å². The van der Waals surface area contributed by atoms with Crippen molar-refractivity contribution in [3.8, 4) is 22.8 Å². The molecule has 6 heteroatoms. The molecule has 3 aromatic carbocycles. The molecule has 0 unspecified atom stereocenters. The van der Waals surface area contributed by atoms with Crippen LogP contribution in [-0.2, 0) is 4.79 Å². The van der Waals surface area contributed by atoms with E-state index < -0.39 is 0 Å². The first-order valence-corrected chi connectivity index (χ1v) is 9.06. The number of amides is 1. The maximum absolute atomic E-state index is 13.4. The maximum atomic E-state index is 13.4. The van der Waals surface area contributed by atoms with Gasteiger partial charge < -0.3 is 19.8 Å². The summed E-state index contributed by atoms with van der Waals surface area (Å²) in [5.41, 5.74) is 3.36. The molecule has 0 aliphatic rings. The fourth-order valence-corrected chi connectivity index (χ4v) is 3.01. The van der Waals surface area contributed by atoms with Gasteiger partial charge in [-0.1, -0.05) is 12.1 Å². The molecule has 146 valence electrons. The summed E-state index contributed by atoms with van der Waals surface area (Å²) in [4.78, 5) is 15.4. The first-order chi connectivity index (χ1) is 14.1. The van der Waals surface area contributed by atoms with Crippen molar-refractivity contribution in [3.05, 3.63) is 78.6 Å². The number of carbonyl (C=O) groups excluding carboxylic acids is 1. The molecule has 4 aromatic rings. The highest BCUT2D eigenvalue weighted by atomic mass is 19.1. The quantitative estimate of drug-likeness (QED) is 0.487. The molecule has 0 atom stereocenters. The molecule has 0 saturated heterocycles. The summed E-state index contributed by atoms with van der Waals surface area (Å²) in [6.07, 6.45) is 0. The maximum Gasteiger partial charge on any atom is 0.262 e. The van der Waals surface area contributed by atoms with E-state index in [1.54, 1.807) is 37.4 Å². The van der Waals surface area contributed by atoms with Crippen molar-refractivity contribution in [2.75, 3.05) is 19.0 Å². The summed E-state index contributed by atoms with van der Waals surface area (Å²) in [6, 6.07) is 21.0. The van der Waals surface area contributed by atoms with Gasteiger partial charge in [-0.05, 0) is 66.2 Å². The summed E-state index contributed by atoms with van der Waals surface area (Å²) >= 11 is 0. The molecule has 0 spiro atoms. The third-order valence-corrected chi connectivity index (χ3v) is 4.49. The van der Waals surface area contributed by atoms with E-state index in [-0.39, 0.29) is 18.3 Å². The van der Waals surface area contributed by atoms with Crippen LogP contribution in [-0.4, -0.2) is 24.6 Å². The molecule has 0 radical (unpaired) electrons. The molecule has 0 fully saturated rings. The molecule has 1 heterocycles. The Kier molecular flexibility index (Phi) is 5.16. The number of aromatic amines is 1. The van der Waals surface area contributed by atoms with E-state index in [2.05, 4.69) is 10.3 Å². The van der Waals surface area contributed by atoms with Gasteiger partial charge in [-0.3, -0.25) is 4.79 Å². The van der Waals surface area contributed by atoms with Crippen LogP contribution in [0.4, 0.5) is 10.1 Å². The van der Waals surface area contributed by atoms with Gasteiger partial charge in [-0.2, -0.15) is 0 Å². The number of H-pyrrole nitrogens is 1. The summed E-state index contributed by atoms with van der Waals surface area (Å²) in [7, 11) is 1.59. The average Bonchev–Trinajstić information content (AvgIpc) is 3.16. The minimum absolute atomic E-state index is 0.0956. The molecule has 0 aliphatic carbocycles. The zero-order chi connectivity index (χ0) is 20.2. The van der Waals surface area contributed by atoms with Gasteiger partial charge in [0.05, 0.1) is 7.11 Å². The first kappa shape index (κ1) is 18.6. The van der Waals surface area contributed by atoms with E-state index >= 15 is 0 Å². The molecule has 0 aliphatic heterocycles. The largest absolute Gasteiger partial charge is 0.497 e. The lowest BCUT2D eigenvalue weighted by Crippen LogP contribution is -2.20. The lowest BCUT2D eigenvalue weighted by Gasteiger charge is -2.08. The highest BCUT2D eigenvalue weighted by molar-refractivity contribution is 5.92.